The maximum absolute atomic E-state index is 11.2. The maximum atomic E-state index is 11.2. The van der Waals surface area contributed by atoms with Gasteiger partial charge >= 0.3 is 5.69 Å². The first-order valence-corrected chi connectivity index (χ1v) is 6.92. The molecule has 0 spiro atoms. The van der Waals surface area contributed by atoms with E-state index in [9.17, 15) is 10.1 Å². The van der Waals surface area contributed by atoms with Crippen LogP contribution in [0.2, 0.25) is 0 Å². The number of nitro groups is 1. The minimum atomic E-state index is -0.366. The van der Waals surface area contributed by atoms with Crippen LogP contribution in [0.25, 0.3) is 0 Å². The van der Waals surface area contributed by atoms with E-state index in [4.69, 9.17) is 0 Å². The average Bonchev–Trinajstić information content (AvgIpc) is 2.97. The number of nitrogens with zero attached hydrogens (tertiary/aromatic N) is 3. The molecule has 0 saturated carbocycles. The van der Waals surface area contributed by atoms with E-state index in [0.717, 1.165) is 4.88 Å². The number of thiophene rings is 1. The van der Waals surface area contributed by atoms with E-state index in [1.807, 2.05) is 31.4 Å². The first-order chi connectivity index (χ1) is 9.04. The smallest absolute Gasteiger partial charge is 0.333 e. The van der Waals surface area contributed by atoms with Crippen LogP contribution in [0.4, 0.5) is 11.5 Å². The summed E-state index contributed by atoms with van der Waals surface area (Å²) >= 11 is 1.62. The lowest BCUT2D eigenvalue weighted by Crippen LogP contribution is -2.10. The molecule has 2 rings (SSSR count). The highest BCUT2D eigenvalue weighted by Crippen LogP contribution is 2.32. The number of nitrogens with one attached hydrogen (secondary N) is 1. The zero-order valence-electron chi connectivity index (χ0n) is 11.1. The van der Waals surface area contributed by atoms with Gasteiger partial charge in [0.05, 0.1) is 11.0 Å². The lowest BCUT2D eigenvalue weighted by atomic mass is 10.2. The van der Waals surface area contributed by atoms with Gasteiger partial charge in [0.25, 0.3) is 0 Å². The molecule has 2 aromatic rings. The lowest BCUT2D eigenvalue weighted by molar-refractivity contribution is -0.384. The van der Waals surface area contributed by atoms with Gasteiger partial charge in [0.1, 0.15) is 5.69 Å². The van der Waals surface area contributed by atoms with E-state index < -0.39 is 0 Å². The predicted molar refractivity (Wildman–Crippen MR) is 75.6 cm³/mol. The summed E-state index contributed by atoms with van der Waals surface area (Å²) in [5.74, 6) is 0.461. The minimum absolute atomic E-state index is 0.0128. The number of anilines is 1. The summed E-state index contributed by atoms with van der Waals surface area (Å²) < 4.78 is 1.54. The fourth-order valence-electron chi connectivity index (χ4n) is 1.97. The van der Waals surface area contributed by atoms with Crippen LogP contribution in [-0.2, 0) is 13.5 Å². The second-order valence-electron chi connectivity index (χ2n) is 4.26. The average molecular weight is 280 g/mol. The third-order valence-electron chi connectivity index (χ3n) is 2.93. The molecule has 0 radical (unpaired) electrons. The summed E-state index contributed by atoms with van der Waals surface area (Å²) in [6.07, 6.45) is 0.541. The van der Waals surface area contributed by atoms with Crippen molar-refractivity contribution in [2.24, 2.45) is 7.05 Å². The molecule has 2 heterocycles. The maximum Gasteiger partial charge on any atom is 0.333 e. The molecule has 7 heteroatoms. The molecule has 0 aliphatic rings. The van der Waals surface area contributed by atoms with Crippen molar-refractivity contribution in [3.05, 3.63) is 38.2 Å². The Morgan fingerprint density at radius 3 is 2.89 bits per heavy atom. The van der Waals surface area contributed by atoms with E-state index >= 15 is 0 Å². The summed E-state index contributed by atoms with van der Waals surface area (Å²) in [7, 11) is 1.72. The number of aryl methyl sites for hydroxylation is 2. The quantitative estimate of drug-likeness (QED) is 0.674. The Morgan fingerprint density at radius 2 is 2.37 bits per heavy atom. The van der Waals surface area contributed by atoms with E-state index in [-0.39, 0.29) is 16.7 Å². The van der Waals surface area contributed by atoms with Gasteiger partial charge in [-0.25, -0.2) is 4.68 Å². The van der Waals surface area contributed by atoms with Gasteiger partial charge in [-0.2, -0.15) is 5.10 Å². The molecule has 0 aromatic carbocycles. The molecule has 0 fully saturated rings. The molecule has 1 N–H and O–H groups in total. The number of hydrogen-bond donors (Lipinski definition) is 1. The fourth-order valence-corrected chi connectivity index (χ4v) is 2.71. The largest absolute Gasteiger partial charge is 0.357 e. The molecule has 0 saturated heterocycles. The first-order valence-electron chi connectivity index (χ1n) is 6.04. The molecule has 1 atom stereocenters. The van der Waals surface area contributed by atoms with Crippen molar-refractivity contribution in [2.45, 2.75) is 26.3 Å². The van der Waals surface area contributed by atoms with Crippen molar-refractivity contribution in [3.8, 4) is 0 Å². The highest BCUT2D eigenvalue weighted by Gasteiger charge is 2.26. The predicted octanol–water partition coefficient (Wildman–Crippen LogP) is 3.13. The molecule has 102 valence electrons. The van der Waals surface area contributed by atoms with Crippen LogP contribution >= 0.6 is 11.3 Å². The summed E-state index contributed by atoms with van der Waals surface area (Å²) in [5.41, 5.74) is 0.585. The number of rotatable bonds is 5. The monoisotopic (exact) mass is 280 g/mol. The van der Waals surface area contributed by atoms with E-state index in [0.29, 0.717) is 17.9 Å². The van der Waals surface area contributed by atoms with Crippen LogP contribution in [-0.4, -0.2) is 14.7 Å². The lowest BCUT2D eigenvalue weighted by Gasteiger charge is -2.12. The molecular formula is C12H16N4O2S. The van der Waals surface area contributed by atoms with Crippen molar-refractivity contribution in [2.75, 3.05) is 5.32 Å². The Balaban J connectivity index is 2.34. The van der Waals surface area contributed by atoms with Crippen LogP contribution < -0.4 is 5.32 Å². The van der Waals surface area contributed by atoms with Gasteiger partial charge in [-0.1, -0.05) is 13.0 Å². The Kier molecular flexibility index (Phi) is 3.84. The Bertz CT molecular complexity index is 577. The van der Waals surface area contributed by atoms with Crippen LogP contribution in [0.15, 0.2) is 17.5 Å². The van der Waals surface area contributed by atoms with Crippen molar-refractivity contribution >= 4 is 22.8 Å². The Morgan fingerprint density at radius 1 is 1.63 bits per heavy atom. The van der Waals surface area contributed by atoms with E-state index in [2.05, 4.69) is 10.4 Å². The molecule has 0 bridgehead atoms. The number of hydrogen-bond acceptors (Lipinski definition) is 5. The minimum Gasteiger partial charge on any atom is -0.357 e. The van der Waals surface area contributed by atoms with Gasteiger partial charge in [0.2, 0.25) is 5.82 Å². The molecule has 6 nitrogen and oxygen atoms in total. The fraction of sp³-hybridized carbons (Fsp3) is 0.417. The van der Waals surface area contributed by atoms with E-state index in [1.54, 1.807) is 23.1 Å². The van der Waals surface area contributed by atoms with Gasteiger partial charge in [-0.05, 0) is 24.8 Å². The van der Waals surface area contributed by atoms with Crippen LogP contribution in [0.1, 0.15) is 30.5 Å². The second kappa shape index (κ2) is 5.40. The zero-order chi connectivity index (χ0) is 14.0. The Labute approximate surface area is 115 Å². The molecule has 1 unspecified atom stereocenters. The topological polar surface area (TPSA) is 73.0 Å². The normalized spacial score (nSPS) is 12.4. The molecule has 0 aliphatic carbocycles. The van der Waals surface area contributed by atoms with E-state index in [1.165, 1.54) is 0 Å². The molecule has 19 heavy (non-hydrogen) atoms. The summed E-state index contributed by atoms with van der Waals surface area (Å²) in [6.45, 7) is 3.84. The molecule has 0 amide bonds. The van der Waals surface area contributed by atoms with Gasteiger partial charge in [-0.3, -0.25) is 10.1 Å². The van der Waals surface area contributed by atoms with Crippen molar-refractivity contribution in [3.63, 3.8) is 0 Å². The van der Waals surface area contributed by atoms with Gasteiger partial charge in [-0.15, -0.1) is 11.3 Å². The van der Waals surface area contributed by atoms with Crippen LogP contribution in [0.5, 0.6) is 0 Å². The summed E-state index contributed by atoms with van der Waals surface area (Å²) in [5, 5.41) is 20.6. The van der Waals surface area contributed by atoms with Gasteiger partial charge < -0.3 is 5.32 Å². The third-order valence-corrected chi connectivity index (χ3v) is 3.99. The molecule has 2 aromatic heterocycles. The summed E-state index contributed by atoms with van der Waals surface area (Å²) in [6, 6.07) is 3.98. The molecular weight excluding hydrogens is 264 g/mol. The van der Waals surface area contributed by atoms with Crippen LogP contribution in [0.3, 0.4) is 0 Å². The standard InChI is InChI=1S/C12H16N4O2S/c1-4-9-11(16(17)18)12(15(3)14-9)13-8(2)10-6-5-7-19-10/h5-8,13H,4H2,1-3H3. The first kappa shape index (κ1) is 13.5. The van der Waals surface area contributed by atoms with Crippen molar-refractivity contribution in [1.29, 1.82) is 0 Å². The van der Waals surface area contributed by atoms with Crippen LogP contribution in [0, 0.1) is 10.1 Å². The molecule has 0 aliphatic heterocycles. The third kappa shape index (κ3) is 2.60. The van der Waals surface area contributed by atoms with Crippen molar-refractivity contribution in [1.82, 2.24) is 9.78 Å². The highest BCUT2D eigenvalue weighted by atomic mass is 32.1. The van der Waals surface area contributed by atoms with Crippen molar-refractivity contribution < 1.29 is 4.92 Å². The zero-order valence-corrected chi connectivity index (χ0v) is 11.9. The number of aromatic nitrogens is 2. The summed E-state index contributed by atoms with van der Waals surface area (Å²) in [4.78, 5) is 12.0. The SMILES string of the molecule is CCc1nn(C)c(NC(C)c2cccs2)c1[N+](=O)[O-]. The van der Waals surface area contributed by atoms with Gasteiger partial charge in [0.15, 0.2) is 0 Å². The Hall–Kier alpha value is -1.89. The van der Waals surface area contributed by atoms with Gasteiger partial charge in [0, 0.05) is 11.9 Å². The second-order valence-corrected chi connectivity index (χ2v) is 5.24. The highest BCUT2D eigenvalue weighted by molar-refractivity contribution is 7.10.